The predicted octanol–water partition coefficient (Wildman–Crippen LogP) is 4.42. The molecule has 110 valence electrons. The molecule has 1 aromatic heterocycles. The SMILES string of the molecule is CSC(=CC(=O)[C@H]1C[C@@H]1c1cc2ccccc2n1C)SC. The summed E-state index contributed by atoms with van der Waals surface area (Å²) in [5.74, 6) is 0.836. The molecule has 0 amide bonds. The van der Waals surface area contributed by atoms with Crippen molar-refractivity contribution in [3.8, 4) is 0 Å². The van der Waals surface area contributed by atoms with E-state index in [9.17, 15) is 4.79 Å². The van der Waals surface area contributed by atoms with E-state index in [1.54, 1.807) is 23.5 Å². The second-order valence-electron chi connectivity index (χ2n) is 5.41. The number of carbonyl (C=O) groups excluding carboxylic acids is 1. The van der Waals surface area contributed by atoms with Crippen LogP contribution < -0.4 is 0 Å². The Labute approximate surface area is 134 Å². The van der Waals surface area contributed by atoms with Gasteiger partial charge in [0.1, 0.15) is 0 Å². The quantitative estimate of drug-likeness (QED) is 0.762. The normalized spacial score (nSPS) is 20.5. The average Bonchev–Trinajstić information content (AvgIpc) is 3.24. The number of rotatable bonds is 5. The Morgan fingerprint density at radius 3 is 2.67 bits per heavy atom. The number of fused-ring (bicyclic) bond motifs is 1. The minimum absolute atomic E-state index is 0.169. The lowest BCUT2D eigenvalue weighted by Gasteiger charge is -2.03. The third kappa shape index (κ3) is 2.79. The number of para-hydroxylation sites is 1. The summed E-state index contributed by atoms with van der Waals surface area (Å²) in [5.41, 5.74) is 2.54. The maximum atomic E-state index is 12.3. The first-order chi connectivity index (χ1) is 10.2. The van der Waals surface area contributed by atoms with Crippen molar-refractivity contribution < 1.29 is 4.79 Å². The summed E-state index contributed by atoms with van der Waals surface area (Å²) in [6.45, 7) is 0. The largest absolute Gasteiger partial charge is 0.347 e. The van der Waals surface area contributed by atoms with E-state index in [1.807, 2.05) is 18.6 Å². The highest BCUT2D eigenvalue weighted by Gasteiger charge is 2.44. The van der Waals surface area contributed by atoms with Gasteiger partial charge < -0.3 is 4.57 Å². The van der Waals surface area contributed by atoms with Crippen LogP contribution >= 0.6 is 23.5 Å². The first-order valence-electron chi connectivity index (χ1n) is 7.03. The molecule has 1 fully saturated rings. The van der Waals surface area contributed by atoms with Gasteiger partial charge in [-0.3, -0.25) is 4.79 Å². The van der Waals surface area contributed by atoms with Crippen molar-refractivity contribution in [1.29, 1.82) is 0 Å². The van der Waals surface area contributed by atoms with E-state index < -0.39 is 0 Å². The summed E-state index contributed by atoms with van der Waals surface area (Å²) < 4.78 is 3.34. The molecule has 2 nitrogen and oxygen atoms in total. The Morgan fingerprint density at radius 1 is 1.29 bits per heavy atom. The highest BCUT2D eigenvalue weighted by Crippen LogP contribution is 2.49. The van der Waals surface area contributed by atoms with Crippen molar-refractivity contribution in [2.24, 2.45) is 13.0 Å². The van der Waals surface area contributed by atoms with Crippen LogP contribution in [0.2, 0.25) is 0 Å². The van der Waals surface area contributed by atoms with Crippen LogP contribution in [0.5, 0.6) is 0 Å². The average molecular weight is 317 g/mol. The number of thioether (sulfide) groups is 2. The summed E-state index contributed by atoms with van der Waals surface area (Å²) in [4.78, 5) is 12.3. The van der Waals surface area contributed by atoms with Gasteiger partial charge >= 0.3 is 0 Å². The lowest BCUT2D eigenvalue weighted by molar-refractivity contribution is -0.115. The molecule has 0 N–H and O–H groups in total. The van der Waals surface area contributed by atoms with E-state index in [2.05, 4.69) is 41.9 Å². The first-order valence-corrected chi connectivity index (χ1v) is 9.48. The van der Waals surface area contributed by atoms with E-state index in [1.165, 1.54) is 16.6 Å². The van der Waals surface area contributed by atoms with Gasteiger partial charge in [0, 0.05) is 40.4 Å². The fourth-order valence-corrected chi connectivity index (χ4v) is 4.06. The second-order valence-corrected chi connectivity index (χ2v) is 7.36. The van der Waals surface area contributed by atoms with Gasteiger partial charge in [0.15, 0.2) is 5.78 Å². The van der Waals surface area contributed by atoms with Crippen LogP contribution in [0.4, 0.5) is 0 Å². The van der Waals surface area contributed by atoms with E-state index in [4.69, 9.17) is 0 Å². The number of allylic oxidation sites excluding steroid dienone is 1. The molecule has 21 heavy (non-hydrogen) atoms. The molecule has 1 aliphatic carbocycles. The van der Waals surface area contributed by atoms with Gasteiger partial charge in [-0.25, -0.2) is 0 Å². The smallest absolute Gasteiger partial charge is 0.161 e. The van der Waals surface area contributed by atoms with Crippen LogP contribution in [0.3, 0.4) is 0 Å². The van der Waals surface area contributed by atoms with Crippen molar-refractivity contribution in [3.63, 3.8) is 0 Å². The van der Waals surface area contributed by atoms with Gasteiger partial charge in [-0.1, -0.05) is 18.2 Å². The van der Waals surface area contributed by atoms with E-state index in [0.29, 0.717) is 5.92 Å². The Kier molecular flexibility index (Phi) is 4.18. The number of nitrogens with zero attached hydrogens (tertiary/aromatic N) is 1. The standard InChI is InChI=1S/C17H19NOS2/c1-18-14-7-5-4-6-11(14)8-15(18)12-9-13(12)16(19)10-17(20-2)21-3/h4-8,10,12-13H,9H2,1-3H3/t12-,13-/m0/s1. The van der Waals surface area contributed by atoms with E-state index in [-0.39, 0.29) is 11.7 Å². The van der Waals surface area contributed by atoms with Crippen molar-refractivity contribution >= 4 is 40.2 Å². The molecule has 0 saturated heterocycles. The predicted molar refractivity (Wildman–Crippen MR) is 93.9 cm³/mol. The van der Waals surface area contributed by atoms with Crippen molar-refractivity contribution in [1.82, 2.24) is 4.57 Å². The highest BCUT2D eigenvalue weighted by atomic mass is 32.2. The second kappa shape index (κ2) is 5.93. The first kappa shape index (κ1) is 14.8. The zero-order valence-electron chi connectivity index (χ0n) is 12.5. The van der Waals surface area contributed by atoms with Gasteiger partial charge in [-0.05, 0) is 36.5 Å². The molecule has 0 aliphatic heterocycles. The van der Waals surface area contributed by atoms with Gasteiger partial charge in [0.25, 0.3) is 0 Å². The van der Waals surface area contributed by atoms with Crippen LogP contribution in [0.25, 0.3) is 10.9 Å². The molecule has 3 rings (SSSR count). The lowest BCUT2D eigenvalue weighted by atomic mass is 10.1. The Morgan fingerprint density at radius 2 is 2.00 bits per heavy atom. The van der Waals surface area contributed by atoms with Crippen LogP contribution in [-0.2, 0) is 11.8 Å². The molecule has 1 aromatic carbocycles. The third-order valence-electron chi connectivity index (χ3n) is 4.19. The fourth-order valence-electron chi connectivity index (χ4n) is 2.93. The number of carbonyl (C=O) groups is 1. The lowest BCUT2D eigenvalue weighted by Crippen LogP contribution is -2.01. The Hall–Kier alpha value is -1.13. The maximum absolute atomic E-state index is 12.3. The van der Waals surface area contributed by atoms with Crippen molar-refractivity contribution in [2.45, 2.75) is 12.3 Å². The van der Waals surface area contributed by atoms with Crippen LogP contribution in [-0.4, -0.2) is 22.9 Å². The molecule has 0 bridgehead atoms. The molecule has 2 aromatic rings. The summed E-state index contributed by atoms with van der Waals surface area (Å²) in [6.07, 6.45) is 6.84. The summed E-state index contributed by atoms with van der Waals surface area (Å²) >= 11 is 3.29. The van der Waals surface area contributed by atoms with Gasteiger partial charge in [-0.2, -0.15) is 0 Å². The molecule has 1 saturated carbocycles. The van der Waals surface area contributed by atoms with Crippen LogP contribution in [0.15, 0.2) is 40.6 Å². The number of aryl methyl sites for hydroxylation is 1. The minimum atomic E-state index is 0.169. The molecule has 1 aliphatic rings. The van der Waals surface area contributed by atoms with Crippen LogP contribution in [0, 0.1) is 5.92 Å². The Balaban J connectivity index is 1.82. The monoisotopic (exact) mass is 317 g/mol. The number of hydrogen-bond donors (Lipinski definition) is 0. The third-order valence-corrected chi connectivity index (χ3v) is 6.23. The van der Waals surface area contributed by atoms with Gasteiger partial charge in [0.05, 0.1) is 0 Å². The van der Waals surface area contributed by atoms with Crippen molar-refractivity contribution in [3.05, 3.63) is 46.3 Å². The summed E-state index contributed by atoms with van der Waals surface area (Å²) in [7, 11) is 2.10. The molecule has 0 spiro atoms. The zero-order valence-corrected chi connectivity index (χ0v) is 14.1. The summed E-state index contributed by atoms with van der Waals surface area (Å²) in [5, 5.41) is 1.26. The van der Waals surface area contributed by atoms with Gasteiger partial charge in [-0.15, -0.1) is 23.5 Å². The van der Waals surface area contributed by atoms with E-state index >= 15 is 0 Å². The topological polar surface area (TPSA) is 22.0 Å². The molecule has 0 radical (unpaired) electrons. The number of hydrogen-bond acceptors (Lipinski definition) is 3. The van der Waals surface area contributed by atoms with E-state index in [0.717, 1.165) is 10.7 Å². The minimum Gasteiger partial charge on any atom is -0.347 e. The molecule has 0 unspecified atom stereocenters. The molecule has 2 atom stereocenters. The summed E-state index contributed by atoms with van der Waals surface area (Å²) in [6, 6.07) is 10.6. The van der Waals surface area contributed by atoms with Gasteiger partial charge in [0.2, 0.25) is 0 Å². The molecule has 4 heteroatoms. The maximum Gasteiger partial charge on any atom is 0.161 e. The zero-order chi connectivity index (χ0) is 15.0. The number of benzene rings is 1. The number of ketones is 1. The Bertz CT molecular complexity index is 711. The molecular formula is C17H19NOS2. The number of aromatic nitrogens is 1. The van der Waals surface area contributed by atoms with Crippen LogP contribution in [0.1, 0.15) is 18.0 Å². The molecular weight excluding hydrogens is 298 g/mol. The van der Waals surface area contributed by atoms with Crippen molar-refractivity contribution in [2.75, 3.05) is 12.5 Å². The molecule has 1 heterocycles. The highest BCUT2D eigenvalue weighted by molar-refractivity contribution is 8.21. The fraction of sp³-hybridized carbons (Fsp3) is 0.353.